The molecule has 0 aliphatic carbocycles. The number of hydrogen-bond acceptors (Lipinski definition) is 4. The number of para-hydroxylation sites is 1. The molecule has 0 spiro atoms. The van der Waals surface area contributed by atoms with Crippen molar-refractivity contribution < 1.29 is 4.79 Å². The van der Waals surface area contributed by atoms with Crippen molar-refractivity contribution in [3.05, 3.63) is 35.9 Å². The van der Waals surface area contributed by atoms with Gasteiger partial charge in [0.15, 0.2) is 0 Å². The third-order valence-corrected chi connectivity index (χ3v) is 3.62. The number of fused-ring (bicyclic) bond motifs is 1. The Kier molecular flexibility index (Phi) is 2.99. The van der Waals surface area contributed by atoms with Gasteiger partial charge in [0.2, 0.25) is 5.91 Å². The van der Waals surface area contributed by atoms with Gasteiger partial charge in [0, 0.05) is 18.5 Å². The summed E-state index contributed by atoms with van der Waals surface area (Å²) >= 11 is 0. The number of benzene rings is 1. The summed E-state index contributed by atoms with van der Waals surface area (Å²) in [5.74, 6) is 0.673. The van der Waals surface area contributed by atoms with E-state index in [1.54, 1.807) is 6.07 Å². The largest absolute Gasteiger partial charge is 0.353 e. The topological polar surface area (TPSA) is 69.0 Å². The summed E-state index contributed by atoms with van der Waals surface area (Å²) in [6.07, 6.45) is 0. The van der Waals surface area contributed by atoms with Gasteiger partial charge in [-0.1, -0.05) is 18.2 Å². The molecule has 1 N–H and O–H groups in total. The molecule has 1 aliphatic rings. The summed E-state index contributed by atoms with van der Waals surface area (Å²) in [5.41, 5.74) is 1.36. The quantitative estimate of drug-likeness (QED) is 0.847. The van der Waals surface area contributed by atoms with Crippen molar-refractivity contribution in [1.29, 1.82) is 5.26 Å². The summed E-state index contributed by atoms with van der Waals surface area (Å²) in [7, 11) is 0. The smallest absolute Gasteiger partial charge is 0.242 e. The number of carbonyl (C=O) groups is 1. The highest BCUT2D eigenvalue weighted by Crippen LogP contribution is 2.24. The van der Waals surface area contributed by atoms with Crippen molar-refractivity contribution >= 4 is 22.6 Å². The number of carbonyl (C=O) groups excluding carboxylic acids is 1. The van der Waals surface area contributed by atoms with Gasteiger partial charge in [-0.15, -0.1) is 0 Å². The maximum absolute atomic E-state index is 11.8. The summed E-state index contributed by atoms with van der Waals surface area (Å²) in [6, 6.07) is 11.3. The normalized spacial score (nSPS) is 18.7. The second-order valence-corrected chi connectivity index (χ2v) is 4.82. The SMILES string of the molecule is CC1C(=O)NCCN1c1cc(C#N)c2ccccc2n1. The number of nitrogens with one attached hydrogen (secondary N) is 1. The van der Waals surface area contributed by atoms with Gasteiger partial charge < -0.3 is 10.2 Å². The first-order valence-electron chi connectivity index (χ1n) is 6.55. The zero-order valence-corrected chi connectivity index (χ0v) is 11.1. The molecule has 5 nitrogen and oxygen atoms in total. The van der Waals surface area contributed by atoms with Gasteiger partial charge >= 0.3 is 0 Å². The fourth-order valence-corrected chi connectivity index (χ4v) is 2.50. The standard InChI is InChI=1S/C15H14N4O/c1-10-15(20)17-6-7-19(10)14-8-11(9-16)12-4-2-3-5-13(12)18-14/h2-5,8,10H,6-7H2,1H3,(H,17,20). The van der Waals surface area contributed by atoms with Crippen molar-refractivity contribution in [3.8, 4) is 6.07 Å². The van der Waals surface area contributed by atoms with E-state index in [1.165, 1.54) is 0 Å². The predicted molar refractivity (Wildman–Crippen MR) is 76.3 cm³/mol. The lowest BCUT2D eigenvalue weighted by atomic mass is 10.1. The minimum atomic E-state index is -0.274. The van der Waals surface area contributed by atoms with Crippen molar-refractivity contribution in [2.45, 2.75) is 13.0 Å². The monoisotopic (exact) mass is 266 g/mol. The van der Waals surface area contributed by atoms with Crippen molar-refractivity contribution in [3.63, 3.8) is 0 Å². The average Bonchev–Trinajstić information content (AvgIpc) is 2.49. The van der Waals surface area contributed by atoms with Crippen LogP contribution < -0.4 is 10.2 Å². The number of hydrogen-bond donors (Lipinski definition) is 1. The molecule has 1 aromatic heterocycles. The minimum absolute atomic E-state index is 0.00952. The number of amides is 1. The molecule has 5 heteroatoms. The van der Waals surface area contributed by atoms with Crippen molar-refractivity contribution in [2.75, 3.05) is 18.0 Å². The molecular formula is C15H14N4O. The molecule has 2 heterocycles. The maximum atomic E-state index is 11.8. The molecule has 1 saturated heterocycles. The van der Waals surface area contributed by atoms with Crippen LogP contribution in [0.4, 0.5) is 5.82 Å². The van der Waals surface area contributed by atoms with Crippen LogP contribution in [0.1, 0.15) is 12.5 Å². The Labute approximate surface area is 116 Å². The van der Waals surface area contributed by atoms with E-state index < -0.39 is 0 Å². The first-order valence-corrected chi connectivity index (χ1v) is 6.55. The second-order valence-electron chi connectivity index (χ2n) is 4.82. The molecule has 2 aromatic rings. The number of pyridine rings is 1. The molecule has 1 atom stereocenters. The highest BCUT2D eigenvalue weighted by atomic mass is 16.2. The fraction of sp³-hybridized carbons (Fsp3) is 0.267. The maximum Gasteiger partial charge on any atom is 0.242 e. The number of piperazine rings is 1. The van der Waals surface area contributed by atoms with E-state index in [9.17, 15) is 10.1 Å². The fourth-order valence-electron chi connectivity index (χ4n) is 2.50. The van der Waals surface area contributed by atoms with Crippen LogP contribution in [-0.2, 0) is 4.79 Å². The molecule has 0 radical (unpaired) electrons. The summed E-state index contributed by atoms with van der Waals surface area (Å²) in [4.78, 5) is 18.3. The number of nitrogens with zero attached hydrogens (tertiary/aromatic N) is 3. The van der Waals surface area contributed by atoms with Crippen LogP contribution in [0.3, 0.4) is 0 Å². The Morgan fingerprint density at radius 2 is 2.25 bits per heavy atom. The van der Waals surface area contributed by atoms with Crippen molar-refractivity contribution in [2.24, 2.45) is 0 Å². The van der Waals surface area contributed by atoms with Crippen LogP contribution in [-0.4, -0.2) is 30.0 Å². The Morgan fingerprint density at radius 3 is 3.05 bits per heavy atom. The van der Waals surface area contributed by atoms with E-state index in [4.69, 9.17) is 0 Å². The molecule has 20 heavy (non-hydrogen) atoms. The third-order valence-electron chi connectivity index (χ3n) is 3.62. The Balaban J connectivity index is 2.12. The molecule has 100 valence electrons. The van der Waals surface area contributed by atoms with Crippen LogP contribution in [0.5, 0.6) is 0 Å². The molecular weight excluding hydrogens is 252 g/mol. The molecule has 0 bridgehead atoms. The van der Waals surface area contributed by atoms with Crippen LogP contribution in [0.15, 0.2) is 30.3 Å². The highest BCUT2D eigenvalue weighted by Gasteiger charge is 2.26. The Bertz CT molecular complexity index is 719. The number of anilines is 1. The lowest BCUT2D eigenvalue weighted by Crippen LogP contribution is -2.54. The molecule has 1 aliphatic heterocycles. The lowest BCUT2D eigenvalue weighted by Gasteiger charge is -2.33. The van der Waals surface area contributed by atoms with Gasteiger partial charge in [0.05, 0.1) is 17.1 Å². The van der Waals surface area contributed by atoms with E-state index in [1.807, 2.05) is 36.1 Å². The zero-order valence-electron chi connectivity index (χ0n) is 11.1. The van der Waals surface area contributed by atoms with Gasteiger partial charge in [0.1, 0.15) is 11.9 Å². The van der Waals surface area contributed by atoms with E-state index in [2.05, 4.69) is 16.4 Å². The number of rotatable bonds is 1. The van der Waals surface area contributed by atoms with Gasteiger partial charge in [-0.25, -0.2) is 4.98 Å². The Morgan fingerprint density at radius 1 is 1.45 bits per heavy atom. The van der Waals surface area contributed by atoms with Crippen LogP contribution >= 0.6 is 0 Å². The zero-order chi connectivity index (χ0) is 14.1. The predicted octanol–water partition coefficient (Wildman–Crippen LogP) is 1.43. The molecule has 3 rings (SSSR count). The van der Waals surface area contributed by atoms with Gasteiger partial charge in [0.25, 0.3) is 0 Å². The average molecular weight is 266 g/mol. The molecule has 1 aromatic carbocycles. The second kappa shape index (κ2) is 4.82. The summed E-state index contributed by atoms with van der Waals surface area (Å²) in [5, 5.41) is 13.0. The van der Waals surface area contributed by atoms with Crippen LogP contribution in [0, 0.1) is 11.3 Å². The van der Waals surface area contributed by atoms with Gasteiger partial charge in [-0.2, -0.15) is 5.26 Å². The first kappa shape index (κ1) is 12.4. The minimum Gasteiger partial charge on any atom is -0.353 e. The third kappa shape index (κ3) is 1.95. The molecule has 1 amide bonds. The van der Waals surface area contributed by atoms with Gasteiger partial charge in [-0.05, 0) is 19.1 Å². The highest BCUT2D eigenvalue weighted by molar-refractivity contribution is 5.89. The van der Waals surface area contributed by atoms with Crippen LogP contribution in [0.25, 0.3) is 10.9 Å². The number of aromatic nitrogens is 1. The molecule has 1 fully saturated rings. The lowest BCUT2D eigenvalue weighted by molar-refractivity contribution is -0.122. The summed E-state index contributed by atoms with van der Waals surface area (Å²) in [6.45, 7) is 3.14. The van der Waals surface area contributed by atoms with Crippen LogP contribution in [0.2, 0.25) is 0 Å². The summed E-state index contributed by atoms with van der Waals surface area (Å²) < 4.78 is 0. The van der Waals surface area contributed by atoms with E-state index >= 15 is 0 Å². The number of nitriles is 1. The van der Waals surface area contributed by atoms with Crippen molar-refractivity contribution in [1.82, 2.24) is 10.3 Å². The van der Waals surface area contributed by atoms with E-state index in [0.29, 0.717) is 24.5 Å². The van der Waals surface area contributed by atoms with E-state index in [-0.39, 0.29) is 11.9 Å². The Hall–Kier alpha value is -2.61. The molecule has 0 saturated carbocycles. The molecule has 1 unspecified atom stereocenters. The van der Waals surface area contributed by atoms with Gasteiger partial charge in [-0.3, -0.25) is 4.79 Å². The van der Waals surface area contributed by atoms with E-state index in [0.717, 1.165) is 10.9 Å². The first-order chi connectivity index (χ1) is 9.70.